The Bertz CT molecular complexity index is 504. The van der Waals surface area contributed by atoms with Gasteiger partial charge in [-0.3, -0.25) is 0 Å². The summed E-state index contributed by atoms with van der Waals surface area (Å²) >= 11 is 1.84. The van der Waals surface area contributed by atoms with Gasteiger partial charge in [0.2, 0.25) is 0 Å². The van der Waals surface area contributed by atoms with Gasteiger partial charge >= 0.3 is 0 Å². The largest absolute Gasteiger partial charge is 0.333 e. The molecular weight excluding hydrogens is 254 g/mol. The molecule has 3 nitrogen and oxygen atoms in total. The lowest BCUT2D eigenvalue weighted by atomic mass is 10.1. The molecule has 2 rings (SSSR count). The number of hydrogen-bond donors (Lipinski definition) is 1. The lowest BCUT2D eigenvalue weighted by Gasteiger charge is -2.14. The SMILES string of the molecule is CCCn1ccnc1C(N)c1ccc(SCC)cc1. The molecule has 0 amide bonds. The van der Waals surface area contributed by atoms with Gasteiger partial charge in [-0.2, -0.15) is 0 Å². The highest BCUT2D eigenvalue weighted by Gasteiger charge is 2.14. The normalized spacial score (nSPS) is 12.6. The summed E-state index contributed by atoms with van der Waals surface area (Å²) < 4.78 is 2.14. The van der Waals surface area contributed by atoms with Crippen LogP contribution in [-0.2, 0) is 6.54 Å². The maximum atomic E-state index is 6.33. The predicted molar refractivity (Wildman–Crippen MR) is 81.4 cm³/mol. The van der Waals surface area contributed by atoms with Crippen LogP contribution in [0.3, 0.4) is 0 Å². The maximum absolute atomic E-state index is 6.33. The highest BCUT2D eigenvalue weighted by Crippen LogP contribution is 2.23. The average Bonchev–Trinajstić information content (AvgIpc) is 2.88. The van der Waals surface area contributed by atoms with Crippen molar-refractivity contribution in [3.8, 4) is 0 Å². The van der Waals surface area contributed by atoms with Crippen molar-refractivity contribution in [1.29, 1.82) is 0 Å². The molecule has 0 fully saturated rings. The number of rotatable bonds is 6. The third-order valence-corrected chi connectivity index (χ3v) is 3.93. The third kappa shape index (κ3) is 3.39. The molecule has 0 bridgehead atoms. The minimum atomic E-state index is -0.151. The van der Waals surface area contributed by atoms with Gasteiger partial charge in [-0.25, -0.2) is 4.98 Å². The van der Waals surface area contributed by atoms with E-state index < -0.39 is 0 Å². The number of benzene rings is 1. The molecule has 1 aromatic heterocycles. The Morgan fingerprint density at radius 3 is 2.63 bits per heavy atom. The summed E-state index contributed by atoms with van der Waals surface area (Å²) in [5.74, 6) is 2.03. The van der Waals surface area contributed by atoms with Gasteiger partial charge in [0.15, 0.2) is 0 Å². The molecular formula is C15H21N3S. The van der Waals surface area contributed by atoms with Crippen LogP contribution in [0, 0.1) is 0 Å². The zero-order chi connectivity index (χ0) is 13.7. The van der Waals surface area contributed by atoms with Crippen molar-refractivity contribution < 1.29 is 0 Å². The molecule has 0 radical (unpaired) electrons. The van der Waals surface area contributed by atoms with Gasteiger partial charge < -0.3 is 10.3 Å². The first-order valence-electron chi connectivity index (χ1n) is 6.75. The number of nitrogens with zero attached hydrogens (tertiary/aromatic N) is 2. The van der Waals surface area contributed by atoms with E-state index in [9.17, 15) is 0 Å². The van der Waals surface area contributed by atoms with Crippen molar-refractivity contribution in [3.63, 3.8) is 0 Å². The first-order valence-corrected chi connectivity index (χ1v) is 7.74. The zero-order valence-electron chi connectivity index (χ0n) is 11.5. The fourth-order valence-electron chi connectivity index (χ4n) is 2.12. The molecule has 0 aliphatic carbocycles. The summed E-state index contributed by atoms with van der Waals surface area (Å²) in [5.41, 5.74) is 7.44. The fraction of sp³-hybridized carbons (Fsp3) is 0.400. The summed E-state index contributed by atoms with van der Waals surface area (Å²) in [5, 5.41) is 0. The summed E-state index contributed by atoms with van der Waals surface area (Å²) in [4.78, 5) is 5.69. The Hall–Kier alpha value is -1.26. The van der Waals surface area contributed by atoms with E-state index in [2.05, 4.69) is 47.7 Å². The summed E-state index contributed by atoms with van der Waals surface area (Å²) in [7, 11) is 0. The Balaban J connectivity index is 2.18. The van der Waals surface area contributed by atoms with Crippen LogP contribution in [0.15, 0.2) is 41.6 Å². The number of hydrogen-bond acceptors (Lipinski definition) is 3. The van der Waals surface area contributed by atoms with E-state index in [0.717, 1.165) is 30.1 Å². The third-order valence-electron chi connectivity index (χ3n) is 3.04. The van der Waals surface area contributed by atoms with Crippen molar-refractivity contribution in [1.82, 2.24) is 9.55 Å². The highest BCUT2D eigenvalue weighted by molar-refractivity contribution is 7.99. The number of imidazole rings is 1. The number of thioether (sulfide) groups is 1. The summed E-state index contributed by atoms with van der Waals surface area (Å²) in [6.07, 6.45) is 4.91. The van der Waals surface area contributed by atoms with E-state index >= 15 is 0 Å². The van der Waals surface area contributed by atoms with E-state index in [1.807, 2.05) is 24.2 Å². The Morgan fingerprint density at radius 1 is 1.26 bits per heavy atom. The van der Waals surface area contributed by atoms with Gasteiger partial charge in [-0.1, -0.05) is 26.0 Å². The lowest BCUT2D eigenvalue weighted by molar-refractivity contribution is 0.613. The van der Waals surface area contributed by atoms with E-state index in [0.29, 0.717) is 0 Å². The molecule has 2 aromatic rings. The minimum absolute atomic E-state index is 0.151. The van der Waals surface area contributed by atoms with Gasteiger partial charge in [0.05, 0.1) is 6.04 Å². The van der Waals surface area contributed by atoms with Gasteiger partial charge in [-0.05, 0) is 29.9 Å². The van der Waals surface area contributed by atoms with Crippen LogP contribution in [0.5, 0.6) is 0 Å². The topological polar surface area (TPSA) is 43.8 Å². The van der Waals surface area contributed by atoms with Crippen LogP contribution >= 0.6 is 11.8 Å². The standard InChI is InChI=1S/C15H21N3S/c1-3-10-18-11-9-17-15(18)14(16)12-5-7-13(8-6-12)19-4-2/h5-9,11,14H,3-4,10,16H2,1-2H3. The predicted octanol–water partition coefficient (Wildman–Crippen LogP) is 3.45. The second-order valence-electron chi connectivity index (χ2n) is 4.46. The van der Waals surface area contributed by atoms with Crippen LogP contribution < -0.4 is 5.73 Å². The Morgan fingerprint density at radius 2 is 2.00 bits per heavy atom. The fourth-order valence-corrected chi connectivity index (χ4v) is 2.78. The van der Waals surface area contributed by atoms with Crippen molar-refractivity contribution in [2.45, 2.75) is 37.8 Å². The molecule has 2 N–H and O–H groups in total. The molecule has 0 aliphatic rings. The number of nitrogens with two attached hydrogens (primary N) is 1. The van der Waals surface area contributed by atoms with E-state index in [-0.39, 0.29) is 6.04 Å². The van der Waals surface area contributed by atoms with Gasteiger partial charge in [-0.15, -0.1) is 11.8 Å². The molecule has 102 valence electrons. The first kappa shape index (κ1) is 14.2. The molecule has 1 heterocycles. The summed E-state index contributed by atoms with van der Waals surface area (Å²) in [6, 6.07) is 8.33. The van der Waals surface area contributed by atoms with Crippen LogP contribution in [0.2, 0.25) is 0 Å². The second-order valence-corrected chi connectivity index (χ2v) is 5.80. The molecule has 0 spiro atoms. The van der Waals surface area contributed by atoms with Crippen LogP contribution in [-0.4, -0.2) is 15.3 Å². The first-order chi connectivity index (χ1) is 9.26. The average molecular weight is 275 g/mol. The van der Waals surface area contributed by atoms with Gasteiger partial charge in [0, 0.05) is 23.8 Å². The Labute approximate surface area is 119 Å². The second kappa shape index (κ2) is 6.78. The van der Waals surface area contributed by atoms with Crippen LogP contribution in [0.1, 0.15) is 37.7 Å². The van der Waals surface area contributed by atoms with Crippen molar-refractivity contribution in [2.24, 2.45) is 5.73 Å². The lowest BCUT2D eigenvalue weighted by Crippen LogP contribution is -2.17. The highest BCUT2D eigenvalue weighted by atomic mass is 32.2. The van der Waals surface area contributed by atoms with E-state index in [4.69, 9.17) is 5.73 Å². The Kier molecular flexibility index (Phi) is 5.05. The van der Waals surface area contributed by atoms with Crippen molar-refractivity contribution in [3.05, 3.63) is 48.0 Å². The number of aryl methyl sites for hydroxylation is 1. The number of aromatic nitrogens is 2. The monoisotopic (exact) mass is 275 g/mol. The molecule has 0 aliphatic heterocycles. The smallest absolute Gasteiger partial charge is 0.130 e. The van der Waals surface area contributed by atoms with Gasteiger partial charge in [0.1, 0.15) is 5.82 Å². The van der Waals surface area contributed by atoms with E-state index in [1.54, 1.807) is 0 Å². The van der Waals surface area contributed by atoms with Gasteiger partial charge in [0.25, 0.3) is 0 Å². The molecule has 0 saturated heterocycles. The molecule has 0 saturated carbocycles. The molecule has 19 heavy (non-hydrogen) atoms. The molecule has 1 unspecified atom stereocenters. The summed E-state index contributed by atoms with van der Waals surface area (Å²) in [6.45, 7) is 5.28. The van der Waals surface area contributed by atoms with E-state index in [1.165, 1.54) is 4.90 Å². The minimum Gasteiger partial charge on any atom is -0.333 e. The molecule has 1 aromatic carbocycles. The zero-order valence-corrected chi connectivity index (χ0v) is 12.4. The van der Waals surface area contributed by atoms with Crippen LogP contribution in [0.4, 0.5) is 0 Å². The quantitative estimate of drug-likeness (QED) is 0.821. The van der Waals surface area contributed by atoms with Crippen LogP contribution in [0.25, 0.3) is 0 Å². The molecule has 1 atom stereocenters. The van der Waals surface area contributed by atoms with Crippen molar-refractivity contribution >= 4 is 11.8 Å². The molecule has 4 heteroatoms. The van der Waals surface area contributed by atoms with Crippen molar-refractivity contribution in [2.75, 3.05) is 5.75 Å². The maximum Gasteiger partial charge on any atom is 0.130 e.